The van der Waals surface area contributed by atoms with Gasteiger partial charge in [0.1, 0.15) is 12.6 Å². The van der Waals surface area contributed by atoms with Crippen molar-refractivity contribution in [3.05, 3.63) is 5.82 Å². The van der Waals surface area contributed by atoms with Gasteiger partial charge in [0, 0.05) is 6.54 Å². The third-order valence-electron chi connectivity index (χ3n) is 4.08. The van der Waals surface area contributed by atoms with E-state index in [0.29, 0.717) is 5.06 Å². The Morgan fingerprint density at radius 1 is 1.28 bits per heavy atom. The van der Waals surface area contributed by atoms with Crippen LogP contribution in [0.2, 0.25) is 0 Å². The van der Waals surface area contributed by atoms with Gasteiger partial charge in [-0.05, 0) is 18.1 Å². The van der Waals surface area contributed by atoms with E-state index in [9.17, 15) is 27.6 Å². The Bertz CT molecular complexity index is 961. The number of piperidine rings is 1. The molecule has 18 heteroatoms. The lowest BCUT2D eigenvalue weighted by Gasteiger charge is -2.29. The van der Waals surface area contributed by atoms with Gasteiger partial charge in [-0.15, -0.1) is 14.5 Å². The van der Waals surface area contributed by atoms with E-state index >= 15 is 0 Å². The summed E-state index contributed by atoms with van der Waals surface area (Å²) in [6.45, 7) is -0.481. The number of nitrogens with two attached hydrogens (primary N) is 1. The molecule has 1 aromatic heterocycles. The minimum absolute atomic E-state index is 0.000836. The van der Waals surface area contributed by atoms with Gasteiger partial charge in [-0.1, -0.05) is 0 Å². The standard InChI is InChI=1S/C11H15N9O8S/c12-8(22)9-14-17-19(16-9)4-7(21)13-15-10(23)6-2-1-5-3-18(6)11(24)20(5)28-29(25,26)27/h5-6H,1-4H2,(H2,12,22)(H,13,21)(H,15,23)(H,25,26,27)/t5-,6+/m1/s1. The van der Waals surface area contributed by atoms with Gasteiger partial charge < -0.3 is 10.6 Å². The molecule has 0 unspecified atom stereocenters. The first-order chi connectivity index (χ1) is 13.5. The van der Waals surface area contributed by atoms with Crippen LogP contribution in [0.3, 0.4) is 0 Å². The molecule has 2 fully saturated rings. The fourth-order valence-corrected chi connectivity index (χ4v) is 3.28. The molecule has 2 atom stereocenters. The second-order valence-corrected chi connectivity index (χ2v) is 7.06. The predicted molar refractivity (Wildman–Crippen MR) is 86.0 cm³/mol. The number of carbonyl (C=O) groups excluding carboxylic acids is 4. The highest BCUT2D eigenvalue weighted by atomic mass is 32.3. The fraction of sp³-hybridized carbons (Fsp3) is 0.545. The maximum Gasteiger partial charge on any atom is 0.418 e. The average molecular weight is 433 g/mol. The Labute approximate surface area is 162 Å². The molecule has 158 valence electrons. The predicted octanol–water partition coefficient (Wildman–Crippen LogP) is -4.08. The van der Waals surface area contributed by atoms with Gasteiger partial charge in [-0.2, -0.15) is 18.3 Å². The van der Waals surface area contributed by atoms with Crippen LogP contribution in [0.5, 0.6) is 0 Å². The Kier molecular flexibility index (Phi) is 5.31. The zero-order valence-electron chi connectivity index (χ0n) is 14.5. The van der Waals surface area contributed by atoms with E-state index in [1.165, 1.54) is 0 Å². The Morgan fingerprint density at radius 3 is 2.62 bits per heavy atom. The van der Waals surface area contributed by atoms with Gasteiger partial charge in [0.25, 0.3) is 23.5 Å². The SMILES string of the molecule is NC(=O)c1nnn(CC(=O)NNC(=O)[C@@H]2CC[C@@H]3CN2C(=O)N3OS(=O)(=O)O)n1. The number of amides is 5. The summed E-state index contributed by atoms with van der Waals surface area (Å²) in [6.07, 6.45) is 0.388. The molecule has 2 aliphatic heterocycles. The maximum absolute atomic E-state index is 12.3. The number of primary amides is 1. The van der Waals surface area contributed by atoms with Gasteiger partial charge >= 0.3 is 16.4 Å². The van der Waals surface area contributed by atoms with Crippen LogP contribution in [0.4, 0.5) is 4.79 Å². The summed E-state index contributed by atoms with van der Waals surface area (Å²) in [6, 6.07) is -2.57. The molecule has 0 saturated carbocycles. The van der Waals surface area contributed by atoms with E-state index in [4.69, 9.17) is 10.3 Å². The molecule has 0 aromatic carbocycles. The van der Waals surface area contributed by atoms with Gasteiger partial charge in [-0.25, -0.2) is 4.79 Å². The number of hydrogen-bond donors (Lipinski definition) is 4. The van der Waals surface area contributed by atoms with E-state index in [0.717, 1.165) is 9.70 Å². The van der Waals surface area contributed by atoms with Crippen LogP contribution in [-0.4, -0.2) is 85.5 Å². The molecule has 2 aliphatic rings. The molecular weight excluding hydrogens is 418 g/mol. The molecule has 5 N–H and O–H groups in total. The number of rotatable bonds is 6. The van der Waals surface area contributed by atoms with Crippen molar-refractivity contribution in [1.29, 1.82) is 0 Å². The van der Waals surface area contributed by atoms with E-state index < -0.39 is 52.8 Å². The highest BCUT2D eigenvalue weighted by Gasteiger charge is 2.49. The van der Waals surface area contributed by atoms with Crippen LogP contribution in [0.1, 0.15) is 23.5 Å². The van der Waals surface area contributed by atoms with Gasteiger partial charge in [0.15, 0.2) is 0 Å². The topological polar surface area (TPSA) is 232 Å². The zero-order chi connectivity index (χ0) is 21.3. The molecular formula is C11H15N9O8S. The Balaban J connectivity index is 1.54. The van der Waals surface area contributed by atoms with Crippen molar-refractivity contribution in [2.45, 2.75) is 31.5 Å². The van der Waals surface area contributed by atoms with E-state index in [2.05, 4.69) is 30.5 Å². The van der Waals surface area contributed by atoms with Gasteiger partial charge in [-0.3, -0.25) is 29.8 Å². The lowest BCUT2D eigenvalue weighted by Crippen LogP contribution is -2.54. The molecule has 0 aliphatic carbocycles. The van der Waals surface area contributed by atoms with Gasteiger partial charge in [0.2, 0.25) is 0 Å². The second kappa shape index (κ2) is 7.56. The zero-order valence-corrected chi connectivity index (χ0v) is 15.3. The van der Waals surface area contributed by atoms with Crippen molar-refractivity contribution in [2.75, 3.05) is 6.54 Å². The first kappa shape index (κ1) is 20.4. The van der Waals surface area contributed by atoms with Crippen LogP contribution in [0, 0.1) is 0 Å². The van der Waals surface area contributed by atoms with Crippen LogP contribution in [0.15, 0.2) is 0 Å². The fourth-order valence-electron chi connectivity index (χ4n) is 2.90. The van der Waals surface area contributed by atoms with Crippen molar-refractivity contribution < 1.29 is 36.4 Å². The minimum Gasteiger partial charge on any atom is -0.363 e. The van der Waals surface area contributed by atoms with E-state index in [1.54, 1.807) is 0 Å². The summed E-state index contributed by atoms with van der Waals surface area (Å²) in [7, 11) is -4.90. The first-order valence-corrected chi connectivity index (χ1v) is 9.35. The summed E-state index contributed by atoms with van der Waals surface area (Å²) in [5.74, 6) is -2.81. The molecule has 0 radical (unpaired) electrons. The van der Waals surface area contributed by atoms with Crippen molar-refractivity contribution in [2.24, 2.45) is 5.73 Å². The lowest BCUT2D eigenvalue weighted by molar-refractivity contribution is -0.132. The number of hydrogen-bond acceptors (Lipinski definition) is 10. The smallest absolute Gasteiger partial charge is 0.363 e. The molecule has 2 bridgehead atoms. The molecule has 17 nitrogen and oxygen atoms in total. The summed E-state index contributed by atoms with van der Waals surface area (Å²) in [5, 5.41) is 10.8. The highest BCUT2D eigenvalue weighted by Crippen LogP contribution is 2.30. The van der Waals surface area contributed by atoms with E-state index in [-0.39, 0.29) is 25.2 Å². The third kappa shape index (κ3) is 4.55. The van der Waals surface area contributed by atoms with Crippen molar-refractivity contribution >= 4 is 34.2 Å². The number of fused-ring (bicyclic) bond motifs is 2. The Hall–Kier alpha value is -3.38. The third-order valence-corrected chi connectivity index (χ3v) is 4.43. The largest absolute Gasteiger partial charge is 0.418 e. The number of urea groups is 1. The normalized spacial score (nSPS) is 21.2. The number of aromatic nitrogens is 4. The van der Waals surface area contributed by atoms with Crippen molar-refractivity contribution in [3.8, 4) is 0 Å². The first-order valence-electron chi connectivity index (χ1n) is 7.98. The van der Waals surface area contributed by atoms with Crippen molar-refractivity contribution in [1.82, 2.24) is 41.0 Å². The van der Waals surface area contributed by atoms with Gasteiger partial charge in [0.05, 0.1) is 6.04 Å². The number of hydrazine groups is 1. The monoisotopic (exact) mass is 433 g/mol. The van der Waals surface area contributed by atoms with Crippen LogP contribution < -0.4 is 16.6 Å². The maximum atomic E-state index is 12.3. The number of tetrazole rings is 1. The van der Waals surface area contributed by atoms with Crippen molar-refractivity contribution in [3.63, 3.8) is 0 Å². The van der Waals surface area contributed by atoms with E-state index in [1.807, 2.05) is 0 Å². The number of nitrogens with zero attached hydrogens (tertiary/aromatic N) is 6. The molecule has 1 aromatic rings. The quantitative estimate of drug-likeness (QED) is 0.249. The molecule has 3 heterocycles. The summed E-state index contributed by atoms with van der Waals surface area (Å²) < 4.78 is 34.7. The number of nitrogens with one attached hydrogen (secondary N) is 2. The van der Waals surface area contributed by atoms with Crippen LogP contribution >= 0.6 is 0 Å². The second-order valence-electron chi connectivity index (χ2n) is 6.06. The molecule has 0 spiro atoms. The molecule has 3 rings (SSSR count). The molecule has 29 heavy (non-hydrogen) atoms. The minimum atomic E-state index is -4.90. The highest BCUT2D eigenvalue weighted by molar-refractivity contribution is 7.80. The number of hydroxylamine groups is 2. The average Bonchev–Trinajstić information content (AvgIpc) is 3.18. The summed E-state index contributed by atoms with van der Waals surface area (Å²) >= 11 is 0. The molecule has 5 amide bonds. The van der Waals surface area contributed by atoms with Crippen LogP contribution in [-0.2, 0) is 30.8 Å². The lowest BCUT2D eigenvalue weighted by atomic mass is 10.0. The van der Waals surface area contributed by atoms with Crippen LogP contribution in [0.25, 0.3) is 0 Å². The summed E-state index contributed by atoms with van der Waals surface area (Å²) in [4.78, 5) is 49.1. The molecule has 2 saturated heterocycles. The Morgan fingerprint density at radius 2 is 2.00 bits per heavy atom. The summed E-state index contributed by atoms with van der Waals surface area (Å²) in [5.41, 5.74) is 9.17. The number of carbonyl (C=O) groups is 4.